The number of pyridine rings is 1. The van der Waals surface area contributed by atoms with Gasteiger partial charge in [-0.25, -0.2) is 10.8 Å². The van der Waals surface area contributed by atoms with Gasteiger partial charge in [0.1, 0.15) is 5.75 Å². The van der Waals surface area contributed by atoms with Gasteiger partial charge in [-0.3, -0.25) is 0 Å². The average molecular weight is 380 g/mol. The van der Waals surface area contributed by atoms with E-state index in [1.807, 2.05) is 6.92 Å². The maximum Gasteiger partial charge on any atom is 0.388 e. The molecule has 0 aliphatic heterocycles. The van der Waals surface area contributed by atoms with E-state index in [1.165, 1.54) is 17.4 Å². The summed E-state index contributed by atoms with van der Waals surface area (Å²) in [6, 6.07) is 8.62. The van der Waals surface area contributed by atoms with Gasteiger partial charge in [0.05, 0.1) is 25.5 Å². The van der Waals surface area contributed by atoms with Crippen molar-refractivity contribution >= 4 is 0 Å². The Kier molecular flexibility index (Phi) is 7.33. The van der Waals surface area contributed by atoms with Crippen molar-refractivity contribution < 1.29 is 23.4 Å². The summed E-state index contributed by atoms with van der Waals surface area (Å²) in [5, 5.41) is 10.2. The highest BCUT2D eigenvalue weighted by molar-refractivity contribution is 5.70. The molecule has 2 aromatic rings. The van der Waals surface area contributed by atoms with Crippen LogP contribution in [0.25, 0.3) is 11.1 Å². The summed E-state index contributed by atoms with van der Waals surface area (Å²) in [7, 11) is 0. The monoisotopic (exact) mass is 380 g/mol. The van der Waals surface area contributed by atoms with Crippen molar-refractivity contribution in [1.82, 2.24) is 9.99 Å². The van der Waals surface area contributed by atoms with E-state index >= 15 is 0 Å². The van der Waals surface area contributed by atoms with Gasteiger partial charge in [-0.1, -0.05) is 12.1 Å². The zero-order chi connectivity index (χ0) is 19.8. The number of halogens is 2. The summed E-state index contributed by atoms with van der Waals surface area (Å²) < 4.78 is 35.5. The van der Waals surface area contributed by atoms with E-state index in [0.717, 1.165) is 0 Å². The molecule has 0 spiro atoms. The highest BCUT2D eigenvalue weighted by Crippen LogP contribution is 2.32. The topological polar surface area (TPSA) is 107 Å². The van der Waals surface area contributed by atoms with E-state index in [2.05, 4.69) is 9.72 Å². The molecule has 0 bridgehead atoms. The number of aliphatic hydroxyl groups is 1. The van der Waals surface area contributed by atoms with Crippen LogP contribution in [0.3, 0.4) is 0 Å². The Labute approximate surface area is 155 Å². The minimum Gasteiger partial charge on any atom is -0.494 e. The van der Waals surface area contributed by atoms with Gasteiger partial charge >= 0.3 is 6.61 Å². The lowest BCUT2D eigenvalue weighted by Gasteiger charge is -2.17. The van der Waals surface area contributed by atoms with Crippen LogP contribution >= 0.6 is 0 Å². The number of aliphatic hydroxyl groups excluding tert-OH is 1. The van der Waals surface area contributed by atoms with E-state index in [0.29, 0.717) is 29.0 Å². The summed E-state index contributed by atoms with van der Waals surface area (Å²) in [5.74, 6) is 6.22. The maximum absolute atomic E-state index is 12.7. The second-order valence-corrected chi connectivity index (χ2v) is 5.57. The van der Waals surface area contributed by atoms with Gasteiger partial charge in [0, 0.05) is 18.0 Å². The third-order valence-corrected chi connectivity index (χ3v) is 3.44. The number of nitrogens with two attached hydrogens (primary N) is 2. The molecule has 2 rings (SSSR count). The second-order valence-electron chi connectivity index (χ2n) is 5.57. The Morgan fingerprint density at radius 1 is 1.37 bits per heavy atom. The first-order chi connectivity index (χ1) is 12.9. The fourth-order valence-corrected chi connectivity index (χ4v) is 2.40. The predicted octanol–water partition coefficient (Wildman–Crippen LogP) is 2.22. The zero-order valence-corrected chi connectivity index (χ0v) is 14.8. The molecule has 0 saturated heterocycles. The molecule has 0 fully saturated rings. The smallest absolute Gasteiger partial charge is 0.388 e. The molecule has 146 valence electrons. The lowest BCUT2D eigenvalue weighted by atomic mass is 10.0. The first-order valence-corrected chi connectivity index (χ1v) is 8.18. The number of hydrazine groups is 1. The van der Waals surface area contributed by atoms with Crippen molar-refractivity contribution in [3.63, 3.8) is 0 Å². The van der Waals surface area contributed by atoms with Crippen molar-refractivity contribution in [1.29, 1.82) is 0 Å². The van der Waals surface area contributed by atoms with Crippen LogP contribution in [-0.2, 0) is 6.54 Å². The molecule has 0 saturated carbocycles. The molecule has 0 aliphatic rings. The van der Waals surface area contributed by atoms with Gasteiger partial charge in [0.15, 0.2) is 0 Å². The number of rotatable bonds is 9. The van der Waals surface area contributed by atoms with Crippen molar-refractivity contribution in [2.45, 2.75) is 20.1 Å². The number of nitrogens with zero attached hydrogens (tertiary/aromatic N) is 2. The molecule has 5 N–H and O–H groups in total. The van der Waals surface area contributed by atoms with Crippen LogP contribution in [0.15, 0.2) is 48.4 Å². The van der Waals surface area contributed by atoms with Gasteiger partial charge in [-0.05, 0) is 36.2 Å². The normalized spacial score (nSPS) is 11.6. The molecule has 0 unspecified atom stereocenters. The third-order valence-electron chi connectivity index (χ3n) is 3.44. The number of aromatic nitrogens is 1. The van der Waals surface area contributed by atoms with Crippen LogP contribution in [0.5, 0.6) is 11.6 Å². The Hall–Kier alpha value is -2.91. The number of ether oxygens (including phenoxy) is 2. The summed E-state index contributed by atoms with van der Waals surface area (Å²) in [6.45, 7) is -0.816. The van der Waals surface area contributed by atoms with Gasteiger partial charge in [0.2, 0.25) is 5.88 Å². The Morgan fingerprint density at radius 3 is 2.81 bits per heavy atom. The van der Waals surface area contributed by atoms with Crippen LogP contribution in [-0.4, -0.2) is 34.9 Å². The van der Waals surface area contributed by atoms with E-state index in [-0.39, 0.29) is 24.7 Å². The standard InChI is InChI=1S/C18H22F2N4O3/c1-2-26-15-5-3-4-13(7-15)16-6-12(8-23-17(16)27-18(19)20)9-24(22)10-14(21)11-25/h3-8,10,18,25H,2,9,11,21-22H2,1H3/b14-10-. The first-order valence-electron chi connectivity index (χ1n) is 8.18. The van der Waals surface area contributed by atoms with E-state index < -0.39 is 6.61 Å². The highest BCUT2D eigenvalue weighted by atomic mass is 19.3. The Bertz CT molecular complexity index is 787. The lowest BCUT2D eigenvalue weighted by molar-refractivity contribution is -0.0524. The number of benzene rings is 1. The van der Waals surface area contributed by atoms with Crippen LogP contribution in [0.4, 0.5) is 8.78 Å². The maximum atomic E-state index is 12.7. The fourth-order valence-electron chi connectivity index (χ4n) is 2.40. The molecular formula is C18H22F2N4O3. The average Bonchev–Trinajstić information content (AvgIpc) is 2.63. The van der Waals surface area contributed by atoms with Crippen LogP contribution in [0.2, 0.25) is 0 Å². The van der Waals surface area contributed by atoms with E-state index in [9.17, 15) is 8.78 Å². The number of alkyl halides is 2. The SMILES string of the molecule is CCOc1cccc(-c2cc(CN(N)/C=C(\N)CO)cnc2OC(F)F)c1. The van der Waals surface area contributed by atoms with Gasteiger partial charge < -0.3 is 25.3 Å². The Morgan fingerprint density at radius 2 is 2.15 bits per heavy atom. The molecule has 7 nitrogen and oxygen atoms in total. The largest absolute Gasteiger partial charge is 0.494 e. The van der Waals surface area contributed by atoms with Gasteiger partial charge in [-0.15, -0.1) is 0 Å². The summed E-state index contributed by atoms with van der Waals surface area (Å²) in [5.41, 5.74) is 7.34. The molecule has 1 aromatic carbocycles. The van der Waals surface area contributed by atoms with Gasteiger partial charge in [-0.2, -0.15) is 8.78 Å². The summed E-state index contributed by atoms with van der Waals surface area (Å²) in [4.78, 5) is 4.00. The summed E-state index contributed by atoms with van der Waals surface area (Å²) >= 11 is 0. The van der Waals surface area contributed by atoms with Crippen LogP contribution in [0, 0.1) is 0 Å². The molecule has 9 heteroatoms. The van der Waals surface area contributed by atoms with Crippen molar-refractivity contribution in [3.05, 3.63) is 54.0 Å². The quantitative estimate of drug-likeness (QED) is 0.452. The Balaban J connectivity index is 2.38. The minimum absolute atomic E-state index is 0.188. The van der Waals surface area contributed by atoms with E-state index in [4.69, 9.17) is 21.4 Å². The lowest BCUT2D eigenvalue weighted by Crippen LogP contribution is -2.26. The fraction of sp³-hybridized carbons (Fsp3) is 0.278. The van der Waals surface area contributed by atoms with Crippen molar-refractivity contribution in [3.8, 4) is 22.8 Å². The van der Waals surface area contributed by atoms with E-state index in [1.54, 1.807) is 30.3 Å². The number of hydrogen-bond acceptors (Lipinski definition) is 7. The van der Waals surface area contributed by atoms with Crippen LogP contribution < -0.4 is 21.1 Å². The molecular weight excluding hydrogens is 358 g/mol. The van der Waals surface area contributed by atoms with Crippen molar-refractivity contribution in [2.75, 3.05) is 13.2 Å². The third kappa shape index (κ3) is 6.08. The highest BCUT2D eigenvalue weighted by Gasteiger charge is 2.15. The molecule has 0 aliphatic carbocycles. The molecule has 1 aromatic heterocycles. The zero-order valence-electron chi connectivity index (χ0n) is 14.8. The molecule has 1 heterocycles. The minimum atomic E-state index is -3.00. The molecule has 0 radical (unpaired) electrons. The number of hydrogen-bond donors (Lipinski definition) is 3. The molecule has 27 heavy (non-hydrogen) atoms. The molecule has 0 atom stereocenters. The van der Waals surface area contributed by atoms with Crippen molar-refractivity contribution in [2.24, 2.45) is 11.6 Å². The predicted molar refractivity (Wildman–Crippen MR) is 96.6 cm³/mol. The summed E-state index contributed by atoms with van der Waals surface area (Å²) in [6.07, 6.45) is 2.76. The molecule has 0 amide bonds. The first kappa shape index (κ1) is 20.4. The second kappa shape index (κ2) is 9.70. The van der Waals surface area contributed by atoms with Gasteiger partial charge in [0.25, 0.3) is 0 Å². The van der Waals surface area contributed by atoms with Crippen LogP contribution in [0.1, 0.15) is 12.5 Å².